The van der Waals surface area contributed by atoms with Crippen molar-refractivity contribution in [2.24, 2.45) is 0 Å². The summed E-state index contributed by atoms with van der Waals surface area (Å²) in [6, 6.07) is 4.35. The van der Waals surface area contributed by atoms with E-state index in [1.54, 1.807) is 18.2 Å². The summed E-state index contributed by atoms with van der Waals surface area (Å²) in [6.45, 7) is 2.48. The molecular weight excluding hydrogens is 309 g/mol. The largest absolute Gasteiger partial charge is 0.494 e. The molecule has 0 amide bonds. The van der Waals surface area contributed by atoms with E-state index in [1.807, 2.05) is 4.90 Å². The lowest BCUT2D eigenvalue weighted by Crippen LogP contribution is -2.45. The molecule has 1 N–H and O–H groups in total. The van der Waals surface area contributed by atoms with Crippen LogP contribution in [0.2, 0.25) is 0 Å². The number of nitrogens with one attached hydrogen (secondary N) is 1. The van der Waals surface area contributed by atoms with Gasteiger partial charge in [-0.1, -0.05) is 12.1 Å². The van der Waals surface area contributed by atoms with Gasteiger partial charge in [0.2, 0.25) is 0 Å². The zero-order valence-electron chi connectivity index (χ0n) is 11.3. The van der Waals surface area contributed by atoms with Crippen molar-refractivity contribution in [3.8, 4) is 5.75 Å². The molecule has 2 rings (SSSR count). The Morgan fingerprint density at radius 1 is 1.30 bits per heavy atom. The number of methoxy groups -OCH3 is 1. The van der Waals surface area contributed by atoms with Gasteiger partial charge in [0.25, 0.3) is 0 Å². The minimum Gasteiger partial charge on any atom is -0.494 e. The van der Waals surface area contributed by atoms with Gasteiger partial charge in [0.1, 0.15) is 6.67 Å². The van der Waals surface area contributed by atoms with Crippen LogP contribution in [0, 0.1) is 5.82 Å². The minimum absolute atomic E-state index is 0. The SMILES string of the molecule is COc1cccc([C@@H](CF)N2CCNCC2)c1F.Cl.Cl. The van der Waals surface area contributed by atoms with Crippen LogP contribution in [-0.4, -0.2) is 44.9 Å². The first-order valence-corrected chi connectivity index (χ1v) is 6.11. The number of alkyl halides is 1. The second-order valence-corrected chi connectivity index (χ2v) is 4.32. The third-order valence-corrected chi connectivity index (χ3v) is 3.31. The van der Waals surface area contributed by atoms with Crippen molar-refractivity contribution in [3.63, 3.8) is 0 Å². The highest BCUT2D eigenvalue weighted by Crippen LogP contribution is 2.29. The third kappa shape index (κ3) is 4.19. The van der Waals surface area contributed by atoms with E-state index in [0.29, 0.717) is 5.56 Å². The second-order valence-electron chi connectivity index (χ2n) is 4.32. The molecule has 1 aliphatic heterocycles. The molecule has 7 heteroatoms. The van der Waals surface area contributed by atoms with E-state index in [0.717, 1.165) is 26.2 Å². The number of hydrogen-bond acceptors (Lipinski definition) is 3. The first-order valence-electron chi connectivity index (χ1n) is 6.11. The lowest BCUT2D eigenvalue weighted by molar-refractivity contribution is 0.144. The molecule has 1 saturated heterocycles. The van der Waals surface area contributed by atoms with Crippen LogP contribution >= 0.6 is 24.8 Å². The maximum Gasteiger partial charge on any atom is 0.169 e. The number of rotatable bonds is 4. The highest BCUT2D eigenvalue weighted by Gasteiger charge is 2.25. The van der Waals surface area contributed by atoms with E-state index in [9.17, 15) is 8.78 Å². The molecule has 1 aromatic rings. The number of benzene rings is 1. The van der Waals surface area contributed by atoms with Crippen molar-refractivity contribution in [3.05, 3.63) is 29.6 Å². The van der Waals surface area contributed by atoms with Gasteiger partial charge in [-0.2, -0.15) is 0 Å². The molecule has 116 valence electrons. The van der Waals surface area contributed by atoms with E-state index in [1.165, 1.54) is 7.11 Å². The molecule has 1 atom stereocenters. The van der Waals surface area contributed by atoms with Crippen molar-refractivity contribution in [2.75, 3.05) is 40.0 Å². The maximum absolute atomic E-state index is 14.1. The van der Waals surface area contributed by atoms with Gasteiger partial charge < -0.3 is 10.1 Å². The summed E-state index contributed by atoms with van der Waals surface area (Å²) in [4.78, 5) is 1.97. The van der Waals surface area contributed by atoms with E-state index < -0.39 is 18.5 Å². The van der Waals surface area contributed by atoms with Gasteiger partial charge in [0.15, 0.2) is 11.6 Å². The molecule has 1 aromatic carbocycles. The molecule has 0 aromatic heterocycles. The second kappa shape index (κ2) is 9.34. The Bertz CT molecular complexity index is 404. The number of piperazine rings is 1. The first kappa shape index (κ1) is 19.4. The van der Waals surface area contributed by atoms with Gasteiger partial charge in [0.05, 0.1) is 13.2 Å². The van der Waals surface area contributed by atoms with Gasteiger partial charge in [0, 0.05) is 31.7 Å². The van der Waals surface area contributed by atoms with Crippen LogP contribution < -0.4 is 10.1 Å². The van der Waals surface area contributed by atoms with Gasteiger partial charge in [-0.05, 0) is 6.07 Å². The van der Waals surface area contributed by atoms with Crippen LogP contribution in [0.4, 0.5) is 8.78 Å². The van der Waals surface area contributed by atoms with Crippen molar-refractivity contribution in [1.29, 1.82) is 0 Å². The van der Waals surface area contributed by atoms with Crippen molar-refractivity contribution in [1.82, 2.24) is 10.2 Å². The molecule has 20 heavy (non-hydrogen) atoms. The van der Waals surface area contributed by atoms with Crippen LogP contribution in [-0.2, 0) is 0 Å². The standard InChI is InChI=1S/C13H18F2N2O.2ClH/c1-18-12-4-2-3-10(13(12)15)11(9-14)17-7-5-16-6-8-17;;/h2-4,11,16H,5-9H2,1H3;2*1H/t11-;;/m1../s1. The normalized spacial score (nSPS) is 16.8. The van der Waals surface area contributed by atoms with Crippen molar-refractivity contribution in [2.45, 2.75) is 6.04 Å². The molecule has 0 unspecified atom stereocenters. The zero-order chi connectivity index (χ0) is 13.0. The van der Waals surface area contributed by atoms with Crippen LogP contribution in [0.5, 0.6) is 5.75 Å². The van der Waals surface area contributed by atoms with Crippen LogP contribution in [0.3, 0.4) is 0 Å². The zero-order valence-corrected chi connectivity index (χ0v) is 12.9. The highest BCUT2D eigenvalue weighted by atomic mass is 35.5. The summed E-state index contributed by atoms with van der Waals surface area (Å²) in [6.07, 6.45) is 0. The Balaban J connectivity index is 0.00000180. The molecule has 1 heterocycles. The average molecular weight is 329 g/mol. The fraction of sp³-hybridized carbons (Fsp3) is 0.538. The lowest BCUT2D eigenvalue weighted by Gasteiger charge is -2.33. The molecule has 1 aliphatic rings. The summed E-state index contributed by atoms with van der Waals surface area (Å²) in [5.74, 6) is -0.290. The quantitative estimate of drug-likeness (QED) is 0.919. The Morgan fingerprint density at radius 3 is 2.50 bits per heavy atom. The van der Waals surface area contributed by atoms with E-state index in [4.69, 9.17) is 4.74 Å². The minimum atomic E-state index is -0.593. The van der Waals surface area contributed by atoms with Crippen molar-refractivity contribution < 1.29 is 13.5 Å². The molecule has 0 spiro atoms. The molecule has 0 bridgehead atoms. The molecule has 0 saturated carbocycles. The Labute approximate surface area is 130 Å². The number of halogens is 4. The molecule has 0 radical (unpaired) electrons. The Kier molecular flexibility index (Phi) is 9.05. The van der Waals surface area contributed by atoms with Gasteiger partial charge in [-0.15, -0.1) is 24.8 Å². The van der Waals surface area contributed by atoms with Gasteiger partial charge in [-0.25, -0.2) is 8.78 Å². The predicted octanol–water partition coefficient (Wildman–Crippen LogP) is 2.59. The van der Waals surface area contributed by atoms with Gasteiger partial charge in [-0.3, -0.25) is 4.90 Å². The number of ether oxygens (including phenoxy) is 1. The first-order chi connectivity index (χ1) is 8.77. The average Bonchev–Trinajstić information content (AvgIpc) is 2.43. The maximum atomic E-state index is 14.1. The molecular formula is C13H20Cl2F2N2O. The number of hydrogen-bond donors (Lipinski definition) is 1. The molecule has 1 fully saturated rings. The fourth-order valence-electron chi connectivity index (χ4n) is 2.31. The smallest absolute Gasteiger partial charge is 0.169 e. The molecule has 0 aliphatic carbocycles. The fourth-order valence-corrected chi connectivity index (χ4v) is 2.31. The van der Waals surface area contributed by atoms with Crippen LogP contribution in [0.15, 0.2) is 18.2 Å². The summed E-state index contributed by atoms with van der Waals surface area (Å²) < 4.78 is 32.3. The van der Waals surface area contributed by atoms with Crippen LogP contribution in [0.25, 0.3) is 0 Å². The molecule has 3 nitrogen and oxygen atoms in total. The summed E-state index contributed by atoms with van der Waals surface area (Å²) in [5.41, 5.74) is 0.374. The Hall–Kier alpha value is -0.620. The predicted molar refractivity (Wildman–Crippen MR) is 80.6 cm³/mol. The summed E-state index contributed by atoms with van der Waals surface area (Å²) in [5, 5.41) is 3.20. The van der Waals surface area contributed by atoms with E-state index in [-0.39, 0.29) is 30.6 Å². The van der Waals surface area contributed by atoms with E-state index >= 15 is 0 Å². The topological polar surface area (TPSA) is 24.5 Å². The third-order valence-electron chi connectivity index (χ3n) is 3.31. The van der Waals surface area contributed by atoms with Crippen LogP contribution in [0.1, 0.15) is 11.6 Å². The highest BCUT2D eigenvalue weighted by molar-refractivity contribution is 5.85. The van der Waals surface area contributed by atoms with Gasteiger partial charge >= 0.3 is 0 Å². The summed E-state index contributed by atoms with van der Waals surface area (Å²) >= 11 is 0. The van der Waals surface area contributed by atoms with Crippen molar-refractivity contribution >= 4 is 24.8 Å². The van der Waals surface area contributed by atoms with E-state index in [2.05, 4.69) is 5.32 Å². The number of nitrogens with zero attached hydrogens (tertiary/aromatic N) is 1. The Morgan fingerprint density at radius 2 is 1.95 bits per heavy atom. The monoisotopic (exact) mass is 328 g/mol. The lowest BCUT2D eigenvalue weighted by atomic mass is 10.0. The summed E-state index contributed by atoms with van der Waals surface area (Å²) in [7, 11) is 1.41.